The quantitative estimate of drug-likeness (QED) is 0.563. The highest BCUT2D eigenvalue weighted by molar-refractivity contribution is 6.44. The molecule has 1 rings (SSSR count). The van der Waals surface area contributed by atoms with Crippen molar-refractivity contribution in [1.29, 1.82) is 0 Å². The molecule has 3 heteroatoms. The number of alkyl halides is 2. The molecule has 0 unspecified atom stereocenters. The van der Waals surface area contributed by atoms with Gasteiger partial charge >= 0.3 is 0 Å². The summed E-state index contributed by atoms with van der Waals surface area (Å²) in [6.07, 6.45) is 0.895. The summed E-state index contributed by atoms with van der Waals surface area (Å²) in [5, 5.41) is 0. The van der Waals surface area contributed by atoms with Crippen LogP contribution in [0.2, 0.25) is 0 Å². The molecule has 15 heavy (non-hydrogen) atoms. The standard InChI is InChI=1S/C12H14Cl2O/c1-6-8(3)11(12(13)14)9(4)7(2)10(6)5-15/h5,12H,1-4H3. The molecule has 0 saturated heterocycles. The molecule has 0 heterocycles. The normalized spacial score (nSPS) is 10.9. The SMILES string of the molecule is Cc1c(C)c(C(Cl)Cl)c(C)c(C)c1C=O. The van der Waals surface area contributed by atoms with Gasteiger partial charge in [-0.2, -0.15) is 0 Å². The number of aldehydes is 1. The van der Waals surface area contributed by atoms with Crippen LogP contribution in [0.5, 0.6) is 0 Å². The Hall–Kier alpha value is -0.530. The zero-order valence-corrected chi connectivity index (χ0v) is 10.8. The first-order chi connectivity index (χ1) is 6.91. The zero-order valence-electron chi connectivity index (χ0n) is 9.32. The van der Waals surface area contributed by atoms with E-state index in [-0.39, 0.29) is 0 Å². The topological polar surface area (TPSA) is 17.1 Å². The van der Waals surface area contributed by atoms with Gasteiger partial charge in [-0.05, 0) is 55.5 Å². The Kier molecular flexibility index (Phi) is 3.80. The lowest BCUT2D eigenvalue weighted by atomic mass is 9.90. The van der Waals surface area contributed by atoms with Crippen molar-refractivity contribution < 1.29 is 4.79 Å². The third-order valence-electron chi connectivity index (χ3n) is 3.08. The fourth-order valence-corrected chi connectivity index (χ4v) is 2.53. The van der Waals surface area contributed by atoms with Gasteiger partial charge in [-0.3, -0.25) is 4.79 Å². The first-order valence-corrected chi connectivity index (χ1v) is 5.62. The van der Waals surface area contributed by atoms with Crippen LogP contribution in [0.15, 0.2) is 0 Å². The van der Waals surface area contributed by atoms with E-state index < -0.39 is 4.84 Å². The second-order valence-corrected chi connectivity index (χ2v) is 4.84. The first-order valence-electron chi connectivity index (χ1n) is 4.75. The van der Waals surface area contributed by atoms with Gasteiger partial charge in [0.05, 0.1) is 0 Å². The van der Waals surface area contributed by atoms with E-state index in [4.69, 9.17) is 23.2 Å². The minimum atomic E-state index is -0.539. The van der Waals surface area contributed by atoms with Gasteiger partial charge in [0.15, 0.2) is 6.29 Å². The molecule has 0 atom stereocenters. The molecule has 0 aromatic heterocycles. The molecule has 0 fully saturated rings. The van der Waals surface area contributed by atoms with Crippen molar-refractivity contribution >= 4 is 29.5 Å². The Labute approximate surface area is 100 Å². The van der Waals surface area contributed by atoms with Crippen LogP contribution in [0.3, 0.4) is 0 Å². The van der Waals surface area contributed by atoms with E-state index in [1.807, 2.05) is 27.7 Å². The largest absolute Gasteiger partial charge is 0.298 e. The Morgan fingerprint density at radius 1 is 0.933 bits per heavy atom. The summed E-state index contributed by atoms with van der Waals surface area (Å²) in [5.74, 6) is 0. The predicted octanol–water partition coefficient (Wildman–Crippen LogP) is 4.21. The van der Waals surface area contributed by atoms with Crippen LogP contribution in [0.1, 0.15) is 43.0 Å². The van der Waals surface area contributed by atoms with Crippen LogP contribution < -0.4 is 0 Å². The molecular weight excluding hydrogens is 231 g/mol. The van der Waals surface area contributed by atoms with Crippen molar-refractivity contribution in [3.05, 3.63) is 33.4 Å². The molecule has 0 aliphatic carbocycles. The van der Waals surface area contributed by atoms with E-state index in [9.17, 15) is 4.79 Å². The van der Waals surface area contributed by atoms with Crippen LogP contribution in [0, 0.1) is 27.7 Å². The van der Waals surface area contributed by atoms with Gasteiger partial charge < -0.3 is 0 Å². The number of benzene rings is 1. The maximum atomic E-state index is 11.0. The fourth-order valence-electron chi connectivity index (χ4n) is 1.87. The molecule has 1 aromatic carbocycles. The number of rotatable bonds is 2. The van der Waals surface area contributed by atoms with Gasteiger partial charge in [-0.15, -0.1) is 23.2 Å². The lowest BCUT2D eigenvalue weighted by Crippen LogP contribution is -2.04. The number of halogens is 2. The Balaban J connectivity index is 3.66. The summed E-state index contributed by atoms with van der Waals surface area (Å²) >= 11 is 11.9. The molecule has 0 N–H and O–H groups in total. The van der Waals surface area contributed by atoms with Gasteiger partial charge in [0, 0.05) is 5.56 Å². The molecule has 0 spiro atoms. The molecule has 0 aliphatic heterocycles. The van der Waals surface area contributed by atoms with E-state index in [0.717, 1.165) is 39.7 Å². The average Bonchev–Trinajstić information content (AvgIpc) is 2.16. The average molecular weight is 245 g/mol. The van der Waals surface area contributed by atoms with E-state index in [2.05, 4.69) is 0 Å². The van der Waals surface area contributed by atoms with Gasteiger partial charge in [-0.25, -0.2) is 0 Å². The van der Waals surface area contributed by atoms with Crippen molar-refractivity contribution in [2.75, 3.05) is 0 Å². The summed E-state index contributed by atoms with van der Waals surface area (Å²) in [5.41, 5.74) is 5.64. The summed E-state index contributed by atoms with van der Waals surface area (Å²) in [7, 11) is 0. The number of hydrogen-bond acceptors (Lipinski definition) is 1. The smallest absolute Gasteiger partial charge is 0.150 e. The number of hydrogen-bond donors (Lipinski definition) is 0. The van der Waals surface area contributed by atoms with Crippen LogP contribution in [0.25, 0.3) is 0 Å². The van der Waals surface area contributed by atoms with Crippen molar-refractivity contribution in [3.8, 4) is 0 Å². The van der Waals surface area contributed by atoms with Crippen LogP contribution in [-0.2, 0) is 0 Å². The molecule has 0 amide bonds. The molecular formula is C12H14Cl2O. The van der Waals surface area contributed by atoms with E-state index in [1.165, 1.54) is 0 Å². The summed E-state index contributed by atoms with van der Waals surface area (Å²) < 4.78 is 0. The Morgan fingerprint density at radius 3 is 1.60 bits per heavy atom. The summed E-state index contributed by atoms with van der Waals surface area (Å²) in [4.78, 5) is 10.4. The molecule has 0 saturated carbocycles. The molecule has 82 valence electrons. The highest BCUT2D eigenvalue weighted by Crippen LogP contribution is 2.35. The molecule has 1 nitrogen and oxygen atoms in total. The highest BCUT2D eigenvalue weighted by Gasteiger charge is 2.17. The van der Waals surface area contributed by atoms with Gasteiger partial charge in [0.1, 0.15) is 4.84 Å². The van der Waals surface area contributed by atoms with Gasteiger partial charge in [0.25, 0.3) is 0 Å². The fraction of sp³-hybridized carbons (Fsp3) is 0.417. The third kappa shape index (κ3) is 2.04. The van der Waals surface area contributed by atoms with Crippen LogP contribution in [-0.4, -0.2) is 6.29 Å². The lowest BCUT2D eigenvalue weighted by molar-refractivity contribution is 0.112. The van der Waals surface area contributed by atoms with Crippen molar-refractivity contribution in [1.82, 2.24) is 0 Å². The van der Waals surface area contributed by atoms with Crippen molar-refractivity contribution in [3.63, 3.8) is 0 Å². The van der Waals surface area contributed by atoms with E-state index >= 15 is 0 Å². The summed E-state index contributed by atoms with van der Waals surface area (Å²) in [6.45, 7) is 7.74. The maximum absolute atomic E-state index is 11.0. The van der Waals surface area contributed by atoms with Crippen molar-refractivity contribution in [2.45, 2.75) is 32.5 Å². The minimum Gasteiger partial charge on any atom is -0.298 e. The monoisotopic (exact) mass is 244 g/mol. The second-order valence-electron chi connectivity index (χ2n) is 3.75. The molecule has 0 bridgehead atoms. The minimum absolute atomic E-state index is 0.539. The number of carbonyl (C=O) groups is 1. The second kappa shape index (κ2) is 4.54. The van der Waals surface area contributed by atoms with Gasteiger partial charge in [0.2, 0.25) is 0 Å². The van der Waals surface area contributed by atoms with E-state index in [0.29, 0.717) is 0 Å². The van der Waals surface area contributed by atoms with Crippen LogP contribution in [0.4, 0.5) is 0 Å². The number of carbonyl (C=O) groups excluding carboxylic acids is 1. The predicted molar refractivity (Wildman–Crippen MR) is 65.2 cm³/mol. The zero-order chi connectivity index (χ0) is 11.7. The molecule has 0 radical (unpaired) electrons. The maximum Gasteiger partial charge on any atom is 0.150 e. The third-order valence-corrected chi connectivity index (χ3v) is 3.51. The molecule has 0 aliphatic rings. The molecule has 1 aromatic rings. The lowest BCUT2D eigenvalue weighted by Gasteiger charge is -2.18. The Morgan fingerprint density at radius 2 is 1.33 bits per heavy atom. The van der Waals surface area contributed by atoms with E-state index in [1.54, 1.807) is 0 Å². The van der Waals surface area contributed by atoms with Crippen LogP contribution >= 0.6 is 23.2 Å². The Bertz CT molecular complexity index is 380. The van der Waals surface area contributed by atoms with Crippen molar-refractivity contribution in [2.24, 2.45) is 0 Å². The summed E-state index contributed by atoms with van der Waals surface area (Å²) in [6, 6.07) is 0. The first kappa shape index (κ1) is 12.5. The van der Waals surface area contributed by atoms with Gasteiger partial charge in [-0.1, -0.05) is 0 Å². The highest BCUT2D eigenvalue weighted by atomic mass is 35.5.